The molecule has 0 fully saturated rings. The predicted octanol–water partition coefficient (Wildman–Crippen LogP) is 1.77. The Morgan fingerprint density at radius 3 is 2.25 bits per heavy atom. The van der Waals surface area contributed by atoms with E-state index in [0.717, 1.165) is 18.2 Å². The maximum absolute atomic E-state index is 12.5. The third kappa shape index (κ3) is 3.53. The monoisotopic (exact) mass is 224 g/mol. The molecule has 1 aromatic rings. The van der Waals surface area contributed by atoms with Crippen molar-refractivity contribution in [3.63, 3.8) is 0 Å². The number of carboxylic acid groups (broad SMARTS) is 1. The first kappa shape index (κ1) is 11.9. The summed E-state index contributed by atoms with van der Waals surface area (Å²) in [6, 6.07) is 4.83. The van der Waals surface area contributed by atoms with Gasteiger partial charge < -0.3 is 10.2 Å². The van der Waals surface area contributed by atoms with Gasteiger partial charge in [0.25, 0.3) is 0 Å². The van der Waals surface area contributed by atoms with Crippen LogP contribution in [0.15, 0.2) is 30.3 Å². The van der Waals surface area contributed by atoms with Crippen LogP contribution in [-0.4, -0.2) is 22.0 Å². The van der Waals surface area contributed by atoms with Crippen LogP contribution in [0.2, 0.25) is 0 Å². The summed E-state index contributed by atoms with van der Waals surface area (Å²) in [5, 5.41) is 17.7. The Balaban J connectivity index is 2.81. The Morgan fingerprint density at radius 1 is 1.19 bits per heavy atom. The summed E-state index contributed by atoms with van der Waals surface area (Å²) in [4.78, 5) is 21.2. The van der Waals surface area contributed by atoms with Gasteiger partial charge in [-0.05, 0) is 24.3 Å². The first-order chi connectivity index (χ1) is 7.49. The zero-order valence-electron chi connectivity index (χ0n) is 8.18. The second-order valence-electron chi connectivity index (χ2n) is 3.07. The van der Waals surface area contributed by atoms with Crippen molar-refractivity contribution in [3.05, 3.63) is 41.7 Å². The first-order valence-corrected chi connectivity index (χ1v) is 4.40. The molecule has 16 heavy (non-hydrogen) atoms. The Morgan fingerprint density at radius 2 is 1.75 bits per heavy atom. The van der Waals surface area contributed by atoms with E-state index in [2.05, 4.69) is 0 Å². The number of hydrogen-bond acceptors (Lipinski definition) is 3. The molecule has 0 heterocycles. The van der Waals surface area contributed by atoms with Crippen LogP contribution in [-0.2, 0) is 9.59 Å². The maximum atomic E-state index is 12.5. The lowest BCUT2D eigenvalue weighted by atomic mass is 10.1. The van der Waals surface area contributed by atoms with Gasteiger partial charge in [-0.2, -0.15) is 0 Å². The van der Waals surface area contributed by atoms with Crippen molar-refractivity contribution in [2.75, 3.05) is 0 Å². The minimum absolute atomic E-state index is 0.250. The topological polar surface area (TPSA) is 74.6 Å². The summed E-state index contributed by atoms with van der Waals surface area (Å²) in [6.45, 7) is 0. The number of rotatable bonds is 4. The second kappa shape index (κ2) is 5.06. The Kier molecular flexibility index (Phi) is 3.77. The normalized spacial score (nSPS) is 11.2. The highest BCUT2D eigenvalue weighted by Gasteiger charge is 2.07. The van der Waals surface area contributed by atoms with Crippen molar-refractivity contribution < 1.29 is 24.2 Å². The molecule has 0 aliphatic rings. The van der Waals surface area contributed by atoms with Crippen molar-refractivity contribution in [3.8, 4) is 0 Å². The second-order valence-corrected chi connectivity index (χ2v) is 3.07. The zero-order chi connectivity index (χ0) is 12.1. The number of allylic oxidation sites excluding steroid dienone is 1. The van der Waals surface area contributed by atoms with Gasteiger partial charge in [0.2, 0.25) is 0 Å². The number of hydrogen-bond donors (Lipinski definition) is 2. The molecule has 1 rings (SSSR count). The van der Waals surface area contributed by atoms with Crippen LogP contribution in [0, 0.1) is 5.82 Å². The van der Waals surface area contributed by atoms with Crippen LogP contribution >= 0.6 is 0 Å². The van der Waals surface area contributed by atoms with E-state index in [-0.39, 0.29) is 11.3 Å². The lowest BCUT2D eigenvalue weighted by Crippen LogP contribution is -2.04. The van der Waals surface area contributed by atoms with Crippen LogP contribution in [0.4, 0.5) is 4.39 Å². The van der Waals surface area contributed by atoms with Crippen molar-refractivity contribution in [2.45, 2.75) is 6.42 Å². The fourth-order valence-electron chi connectivity index (χ4n) is 1.06. The van der Waals surface area contributed by atoms with Crippen LogP contribution < -0.4 is 0 Å². The van der Waals surface area contributed by atoms with Gasteiger partial charge in [-0.3, -0.25) is 9.59 Å². The molecule has 1 aromatic carbocycles. The highest BCUT2D eigenvalue weighted by atomic mass is 19.1. The highest BCUT2D eigenvalue weighted by Crippen LogP contribution is 2.12. The summed E-state index contributed by atoms with van der Waals surface area (Å²) in [7, 11) is 0. The molecule has 84 valence electrons. The van der Waals surface area contributed by atoms with Crippen LogP contribution in [0.1, 0.15) is 12.0 Å². The number of benzene rings is 1. The molecule has 0 spiro atoms. The summed E-state index contributed by atoms with van der Waals surface area (Å²) in [5.74, 6) is -2.85. The fraction of sp³-hybridized carbons (Fsp3) is 0.0909. The Hall–Kier alpha value is -2.17. The van der Waals surface area contributed by atoms with E-state index in [4.69, 9.17) is 5.11 Å². The lowest BCUT2D eigenvalue weighted by molar-refractivity contribution is -0.139. The van der Waals surface area contributed by atoms with Crippen molar-refractivity contribution >= 4 is 17.5 Å². The SMILES string of the molecule is O=C(O)CC(=O)C=C(O)c1ccc(F)cc1. The molecule has 0 bridgehead atoms. The van der Waals surface area contributed by atoms with E-state index in [1.54, 1.807) is 0 Å². The van der Waals surface area contributed by atoms with Crippen LogP contribution in [0.25, 0.3) is 5.76 Å². The molecule has 0 radical (unpaired) electrons. The smallest absolute Gasteiger partial charge is 0.311 e. The molecular weight excluding hydrogens is 215 g/mol. The third-order valence-electron chi connectivity index (χ3n) is 1.76. The summed E-state index contributed by atoms with van der Waals surface area (Å²) < 4.78 is 12.5. The number of aliphatic hydroxyl groups excluding tert-OH is 1. The van der Waals surface area contributed by atoms with E-state index >= 15 is 0 Å². The number of carboxylic acids is 1. The van der Waals surface area contributed by atoms with Gasteiger partial charge in [-0.25, -0.2) is 4.39 Å². The van der Waals surface area contributed by atoms with Gasteiger partial charge >= 0.3 is 5.97 Å². The van der Waals surface area contributed by atoms with Gasteiger partial charge in [-0.1, -0.05) is 0 Å². The molecule has 0 saturated heterocycles. The van der Waals surface area contributed by atoms with Gasteiger partial charge in [0.15, 0.2) is 5.78 Å². The van der Waals surface area contributed by atoms with Gasteiger partial charge in [0.1, 0.15) is 18.0 Å². The number of aliphatic hydroxyl groups is 1. The molecule has 0 unspecified atom stereocenters. The molecule has 5 heteroatoms. The van der Waals surface area contributed by atoms with E-state index in [9.17, 15) is 19.1 Å². The van der Waals surface area contributed by atoms with Crippen LogP contribution in [0.5, 0.6) is 0 Å². The summed E-state index contributed by atoms with van der Waals surface area (Å²) in [5.41, 5.74) is 0.250. The highest BCUT2D eigenvalue weighted by molar-refractivity contribution is 6.04. The van der Waals surface area contributed by atoms with Gasteiger partial charge in [0.05, 0.1) is 0 Å². The largest absolute Gasteiger partial charge is 0.507 e. The summed E-state index contributed by atoms with van der Waals surface area (Å²) >= 11 is 0. The molecular formula is C11H9FO4. The first-order valence-electron chi connectivity index (χ1n) is 4.40. The van der Waals surface area contributed by atoms with E-state index in [0.29, 0.717) is 0 Å². The number of ketones is 1. The Bertz CT molecular complexity index is 434. The summed E-state index contributed by atoms with van der Waals surface area (Å²) in [6.07, 6.45) is 0.118. The number of carbonyl (C=O) groups excluding carboxylic acids is 1. The van der Waals surface area contributed by atoms with Gasteiger partial charge in [-0.15, -0.1) is 0 Å². The molecule has 4 nitrogen and oxygen atoms in total. The molecule has 0 aliphatic heterocycles. The van der Waals surface area contributed by atoms with E-state index in [1.165, 1.54) is 12.1 Å². The van der Waals surface area contributed by atoms with Crippen LogP contribution in [0.3, 0.4) is 0 Å². The van der Waals surface area contributed by atoms with Gasteiger partial charge in [0, 0.05) is 11.6 Å². The van der Waals surface area contributed by atoms with Crippen molar-refractivity contribution in [1.29, 1.82) is 0 Å². The van der Waals surface area contributed by atoms with Crippen molar-refractivity contribution in [1.82, 2.24) is 0 Å². The number of halogens is 1. The average Bonchev–Trinajstić information content (AvgIpc) is 2.16. The molecule has 0 aliphatic carbocycles. The quantitative estimate of drug-likeness (QED) is 0.464. The minimum atomic E-state index is -1.27. The third-order valence-corrected chi connectivity index (χ3v) is 1.76. The minimum Gasteiger partial charge on any atom is -0.507 e. The van der Waals surface area contributed by atoms with E-state index < -0.39 is 24.0 Å². The maximum Gasteiger partial charge on any atom is 0.311 e. The molecule has 0 aromatic heterocycles. The standard InChI is InChI=1S/C11H9FO4/c12-8-3-1-7(2-4-8)10(14)5-9(13)6-11(15)16/h1-5,14H,6H2,(H,15,16). The predicted molar refractivity (Wildman–Crippen MR) is 54.3 cm³/mol. The number of carbonyl (C=O) groups is 2. The number of aliphatic carboxylic acids is 1. The fourth-order valence-corrected chi connectivity index (χ4v) is 1.06. The molecule has 0 amide bonds. The van der Waals surface area contributed by atoms with Crippen molar-refractivity contribution in [2.24, 2.45) is 0 Å². The molecule has 0 atom stereocenters. The molecule has 2 N–H and O–H groups in total. The Labute approximate surface area is 90.6 Å². The average molecular weight is 224 g/mol. The lowest BCUT2D eigenvalue weighted by Gasteiger charge is -1.99. The zero-order valence-corrected chi connectivity index (χ0v) is 8.18. The molecule has 0 saturated carbocycles. The van der Waals surface area contributed by atoms with E-state index in [1.807, 2.05) is 0 Å².